The summed E-state index contributed by atoms with van der Waals surface area (Å²) in [5, 5.41) is 0. The molecule has 28 valence electrons. The Kier molecular flexibility index (Phi) is 0.552. The summed E-state index contributed by atoms with van der Waals surface area (Å²) < 4.78 is 0. The molecule has 0 aromatic carbocycles. The van der Waals surface area contributed by atoms with Crippen molar-refractivity contribution in [2.75, 3.05) is 0 Å². The molecular weight excluding hydrogens is 72.1 g/mol. The number of rotatable bonds is 0. The molecule has 0 aromatic heterocycles. The lowest BCUT2D eigenvalue weighted by Crippen LogP contribution is -1.51. The molecule has 0 aliphatic heterocycles. The molecule has 0 heterocycles. The molecule has 0 saturated carbocycles. The van der Waals surface area contributed by atoms with Gasteiger partial charge in [0.25, 0.3) is 0 Å². The van der Waals surface area contributed by atoms with Gasteiger partial charge in [0.1, 0.15) is 0 Å². The summed E-state index contributed by atoms with van der Waals surface area (Å²) in [7, 11) is 0. The Balaban J connectivity index is 3.19. The summed E-state index contributed by atoms with van der Waals surface area (Å²) in [5.74, 6) is 0. The first kappa shape index (κ1) is 3.24. The number of hydrogen-bond acceptors (Lipinski definition) is 0. The lowest BCUT2D eigenvalue weighted by atomic mass is 10.3. The van der Waals surface area contributed by atoms with Crippen molar-refractivity contribution in [3.63, 3.8) is 0 Å². The van der Waals surface area contributed by atoms with Gasteiger partial charge in [0, 0.05) is 0 Å². The van der Waals surface area contributed by atoms with Crippen molar-refractivity contribution in [2.45, 2.75) is 0 Å². The minimum Gasteiger partial charge on any atom is -0.0905 e. The molecular formula is C6H4. The molecule has 0 radical (unpaired) electrons. The average Bonchev–Trinajstić information content (AvgIpc) is 1.86. The van der Waals surface area contributed by atoms with Crippen molar-refractivity contribution in [1.82, 2.24) is 0 Å². The van der Waals surface area contributed by atoms with E-state index in [1.807, 2.05) is 0 Å². The molecule has 0 N–H and O–H groups in total. The second-order valence-electron chi connectivity index (χ2n) is 1.15. The first-order valence-corrected chi connectivity index (χ1v) is 1.76. The van der Waals surface area contributed by atoms with Gasteiger partial charge >= 0.3 is 0 Å². The van der Waals surface area contributed by atoms with E-state index in [4.69, 9.17) is 0 Å². The summed E-state index contributed by atoms with van der Waals surface area (Å²) in [6.45, 7) is 3.62. The lowest BCUT2D eigenvalue weighted by molar-refractivity contribution is 1.84. The average molecular weight is 76.1 g/mol. The molecule has 0 amide bonds. The van der Waals surface area contributed by atoms with Gasteiger partial charge in [0.15, 0.2) is 0 Å². The van der Waals surface area contributed by atoms with Crippen LogP contribution in [-0.2, 0) is 0 Å². The van der Waals surface area contributed by atoms with E-state index in [0.29, 0.717) is 0 Å². The largest absolute Gasteiger partial charge is 0.0905 e. The maximum atomic E-state index is 3.62. The van der Waals surface area contributed by atoms with E-state index in [0.717, 1.165) is 5.57 Å². The van der Waals surface area contributed by atoms with Crippen LogP contribution in [0.4, 0.5) is 0 Å². The number of allylic oxidation sites excluding steroid dienone is 3. The molecule has 0 saturated heterocycles. The molecule has 0 nitrogen and oxygen atoms in total. The summed E-state index contributed by atoms with van der Waals surface area (Å²) >= 11 is 0. The third-order valence-corrected chi connectivity index (χ3v) is 0.598. The Bertz CT molecular complexity index is 142. The van der Waals surface area contributed by atoms with E-state index in [1.165, 1.54) is 0 Å². The fourth-order valence-electron chi connectivity index (χ4n) is 0.310. The first-order valence-electron chi connectivity index (χ1n) is 1.76. The van der Waals surface area contributed by atoms with Gasteiger partial charge in [-0.3, -0.25) is 0 Å². The van der Waals surface area contributed by atoms with Crippen molar-refractivity contribution in [2.24, 2.45) is 0 Å². The lowest BCUT2D eigenvalue weighted by Gasteiger charge is -1.69. The van der Waals surface area contributed by atoms with E-state index in [-0.39, 0.29) is 0 Å². The molecule has 0 bridgehead atoms. The third-order valence-electron chi connectivity index (χ3n) is 0.598. The van der Waals surface area contributed by atoms with E-state index >= 15 is 0 Å². The molecule has 0 fully saturated rings. The van der Waals surface area contributed by atoms with E-state index < -0.39 is 0 Å². The van der Waals surface area contributed by atoms with Gasteiger partial charge in [-0.15, -0.1) is 0 Å². The van der Waals surface area contributed by atoms with Gasteiger partial charge in [-0.05, 0) is 17.7 Å². The highest BCUT2D eigenvalue weighted by Crippen LogP contribution is 1.95. The third kappa shape index (κ3) is 0.347. The van der Waals surface area contributed by atoms with Crippen LogP contribution in [0.25, 0.3) is 0 Å². The Morgan fingerprint density at radius 1 is 1.33 bits per heavy atom. The zero-order chi connectivity index (χ0) is 4.41. The van der Waals surface area contributed by atoms with E-state index in [9.17, 15) is 0 Å². The zero-order valence-corrected chi connectivity index (χ0v) is 3.36. The second-order valence-corrected chi connectivity index (χ2v) is 1.15. The molecule has 0 atom stereocenters. The maximum absolute atomic E-state index is 3.62. The predicted octanol–water partition coefficient (Wildman–Crippen LogP) is 1.42. The van der Waals surface area contributed by atoms with Crippen LogP contribution < -0.4 is 0 Å². The summed E-state index contributed by atoms with van der Waals surface area (Å²) in [6, 6.07) is 0. The van der Waals surface area contributed by atoms with Gasteiger partial charge in [-0.25, -0.2) is 0 Å². The van der Waals surface area contributed by atoms with Crippen molar-refractivity contribution in [3.05, 3.63) is 35.8 Å². The van der Waals surface area contributed by atoms with Gasteiger partial charge in [0.05, 0.1) is 0 Å². The molecule has 0 aromatic rings. The minimum atomic E-state index is 0.981. The Morgan fingerprint density at radius 2 is 1.83 bits per heavy atom. The Labute approximate surface area is 36.8 Å². The molecule has 1 rings (SSSR count). The SMILES string of the molecule is C=C1C=C=C=C1. The normalized spacial score (nSPS) is 14.3. The monoisotopic (exact) mass is 76.0 g/mol. The van der Waals surface area contributed by atoms with Crippen LogP contribution in [0.1, 0.15) is 0 Å². The zero-order valence-electron chi connectivity index (χ0n) is 3.36. The number of hydrogen-bond donors (Lipinski definition) is 0. The van der Waals surface area contributed by atoms with Crippen LogP contribution in [0.15, 0.2) is 35.8 Å². The van der Waals surface area contributed by atoms with E-state index in [2.05, 4.69) is 18.0 Å². The highest BCUT2D eigenvalue weighted by molar-refractivity contribution is 5.30. The quantitative estimate of drug-likeness (QED) is 0.383. The van der Waals surface area contributed by atoms with Crippen molar-refractivity contribution in [3.8, 4) is 0 Å². The fraction of sp³-hybridized carbons (Fsp3) is 0. The molecule has 1 aliphatic carbocycles. The summed E-state index contributed by atoms with van der Waals surface area (Å²) in [4.78, 5) is 0. The van der Waals surface area contributed by atoms with Crippen LogP contribution in [0.2, 0.25) is 0 Å². The minimum absolute atomic E-state index is 0.981. The van der Waals surface area contributed by atoms with Gasteiger partial charge in [-0.2, -0.15) is 0 Å². The molecule has 1 aliphatic rings. The maximum Gasteiger partial charge on any atom is -0.00423 e. The molecule has 0 unspecified atom stereocenters. The summed E-state index contributed by atoms with van der Waals surface area (Å²) in [6.07, 6.45) is 3.58. The van der Waals surface area contributed by atoms with Crippen LogP contribution in [0.5, 0.6) is 0 Å². The van der Waals surface area contributed by atoms with Crippen LogP contribution in [0, 0.1) is 0 Å². The van der Waals surface area contributed by atoms with Gasteiger partial charge in [-0.1, -0.05) is 18.0 Å². The van der Waals surface area contributed by atoms with Gasteiger partial charge < -0.3 is 0 Å². The molecule has 0 heteroatoms. The fourth-order valence-corrected chi connectivity index (χ4v) is 0.310. The smallest absolute Gasteiger partial charge is 0.00423 e. The highest BCUT2D eigenvalue weighted by atomic mass is 13.8. The predicted molar refractivity (Wildman–Crippen MR) is 25.3 cm³/mol. The van der Waals surface area contributed by atoms with Crippen LogP contribution in [0.3, 0.4) is 0 Å². The first-order chi connectivity index (χ1) is 2.89. The van der Waals surface area contributed by atoms with Crippen LogP contribution in [-0.4, -0.2) is 0 Å². The second kappa shape index (κ2) is 1.02. The molecule has 0 spiro atoms. The standard InChI is InChI=1S/C6H4/c1-6-4-2-3-5-6/h4-5H,1H2. The summed E-state index contributed by atoms with van der Waals surface area (Å²) in [5.41, 5.74) is 6.47. The van der Waals surface area contributed by atoms with Gasteiger partial charge in [0.2, 0.25) is 0 Å². The Morgan fingerprint density at radius 3 is 2.00 bits per heavy atom. The topological polar surface area (TPSA) is 0 Å². The highest BCUT2D eigenvalue weighted by Gasteiger charge is 1.77. The van der Waals surface area contributed by atoms with Crippen LogP contribution >= 0.6 is 0 Å². The van der Waals surface area contributed by atoms with Crippen molar-refractivity contribution >= 4 is 0 Å². The van der Waals surface area contributed by atoms with E-state index in [1.54, 1.807) is 12.2 Å². The molecule has 6 heavy (non-hydrogen) atoms. The Hall–Kier alpha value is -0.960. The van der Waals surface area contributed by atoms with Crippen molar-refractivity contribution < 1.29 is 0 Å². The van der Waals surface area contributed by atoms with Crippen molar-refractivity contribution in [1.29, 1.82) is 0 Å².